The van der Waals surface area contributed by atoms with Crippen LogP contribution in [0.15, 0.2) is 30.6 Å². The fourth-order valence-corrected chi connectivity index (χ4v) is 2.22. The summed E-state index contributed by atoms with van der Waals surface area (Å²) in [6.45, 7) is 2.61. The van der Waals surface area contributed by atoms with Crippen molar-refractivity contribution in [1.82, 2.24) is 29.9 Å². The molecule has 0 fully saturated rings. The van der Waals surface area contributed by atoms with Gasteiger partial charge in [0.05, 0.1) is 0 Å². The first-order valence-electron chi connectivity index (χ1n) is 8.43. The fraction of sp³-hybridized carbons (Fsp3) is 0.294. The average Bonchev–Trinajstić information content (AvgIpc) is 2.66. The number of hydrogen-bond acceptors (Lipinski definition) is 8. The second-order valence-electron chi connectivity index (χ2n) is 6.68. The molecule has 8 nitrogen and oxygen atoms in total. The molecule has 0 aliphatic rings. The van der Waals surface area contributed by atoms with E-state index in [1.165, 1.54) is 19.9 Å². The van der Waals surface area contributed by atoms with Crippen molar-refractivity contribution in [3.05, 3.63) is 47.8 Å². The number of aliphatic hydroxyl groups is 1. The molecule has 0 aromatic carbocycles. The highest BCUT2D eigenvalue weighted by atomic mass is 19.4. The first kappa shape index (κ1) is 22.3. The maximum atomic E-state index is 13.0. The maximum absolute atomic E-state index is 13.0. The summed E-state index contributed by atoms with van der Waals surface area (Å²) in [6, 6.07) is 2.54. The molecule has 3 aromatic heterocycles. The van der Waals surface area contributed by atoms with E-state index in [1.54, 1.807) is 0 Å². The molecule has 3 aromatic rings. The molecule has 14 heteroatoms. The first-order valence-corrected chi connectivity index (χ1v) is 8.43. The van der Waals surface area contributed by atoms with Gasteiger partial charge in [-0.3, -0.25) is 4.98 Å². The molecule has 0 aliphatic heterocycles. The van der Waals surface area contributed by atoms with Crippen molar-refractivity contribution in [1.29, 1.82) is 0 Å². The summed E-state index contributed by atoms with van der Waals surface area (Å²) in [5.74, 6) is -1.56. The first-order chi connectivity index (χ1) is 14.2. The van der Waals surface area contributed by atoms with Gasteiger partial charge in [-0.05, 0) is 32.0 Å². The average molecular weight is 445 g/mol. The van der Waals surface area contributed by atoms with Crippen molar-refractivity contribution < 1.29 is 31.4 Å². The number of halogens is 6. The van der Waals surface area contributed by atoms with Gasteiger partial charge in [-0.25, -0.2) is 15.0 Å². The van der Waals surface area contributed by atoms with Crippen LogP contribution in [0.5, 0.6) is 0 Å². The summed E-state index contributed by atoms with van der Waals surface area (Å²) in [5, 5.41) is 12.7. The predicted molar refractivity (Wildman–Crippen MR) is 93.6 cm³/mol. The zero-order valence-electron chi connectivity index (χ0n) is 15.8. The van der Waals surface area contributed by atoms with E-state index in [4.69, 9.17) is 0 Å². The van der Waals surface area contributed by atoms with Crippen LogP contribution in [0.25, 0.3) is 11.6 Å². The zero-order chi connectivity index (χ0) is 23.0. The Kier molecular flexibility index (Phi) is 5.52. The molecule has 31 heavy (non-hydrogen) atoms. The zero-order valence-corrected chi connectivity index (χ0v) is 15.8. The van der Waals surface area contributed by atoms with E-state index in [0.29, 0.717) is 12.1 Å². The van der Waals surface area contributed by atoms with Crippen LogP contribution < -0.4 is 5.32 Å². The van der Waals surface area contributed by atoms with Crippen molar-refractivity contribution in [2.75, 3.05) is 5.32 Å². The quantitative estimate of drug-likeness (QED) is 0.585. The van der Waals surface area contributed by atoms with Crippen LogP contribution in [-0.4, -0.2) is 35.0 Å². The second-order valence-corrected chi connectivity index (χ2v) is 6.68. The van der Waals surface area contributed by atoms with E-state index in [9.17, 15) is 31.4 Å². The highest BCUT2D eigenvalue weighted by molar-refractivity contribution is 5.56. The maximum Gasteiger partial charge on any atom is 0.433 e. The number of pyridine rings is 1. The lowest BCUT2D eigenvalue weighted by molar-refractivity contribution is -0.141. The molecular formula is C17H13F6N7O. The molecule has 0 aliphatic carbocycles. The molecule has 2 N–H and O–H groups in total. The minimum Gasteiger partial charge on any atom is -0.382 e. The highest BCUT2D eigenvalue weighted by Crippen LogP contribution is 2.30. The fourth-order valence-electron chi connectivity index (χ4n) is 2.22. The molecule has 3 rings (SSSR count). The Morgan fingerprint density at radius 3 is 2.03 bits per heavy atom. The molecule has 0 spiro atoms. The van der Waals surface area contributed by atoms with Crippen LogP contribution >= 0.6 is 0 Å². The van der Waals surface area contributed by atoms with Crippen LogP contribution in [0.2, 0.25) is 0 Å². The Balaban J connectivity index is 2.07. The van der Waals surface area contributed by atoms with E-state index in [0.717, 1.165) is 12.4 Å². The van der Waals surface area contributed by atoms with E-state index in [-0.39, 0.29) is 17.5 Å². The summed E-state index contributed by atoms with van der Waals surface area (Å²) in [5.41, 5.74) is -4.20. The van der Waals surface area contributed by atoms with Gasteiger partial charge < -0.3 is 10.4 Å². The predicted octanol–water partition coefficient (Wildman–Crippen LogP) is 3.73. The molecule has 164 valence electrons. The van der Waals surface area contributed by atoms with Gasteiger partial charge in [0.15, 0.2) is 11.6 Å². The Hall–Kier alpha value is -3.42. The molecule has 0 atom stereocenters. The van der Waals surface area contributed by atoms with Gasteiger partial charge in [0.2, 0.25) is 11.8 Å². The number of alkyl halides is 6. The van der Waals surface area contributed by atoms with Crippen molar-refractivity contribution in [3.8, 4) is 11.6 Å². The van der Waals surface area contributed by atoms with E-state index < -0.39 is 41.0 Å². The number of nitrogens with one attached hydrogen (secondary N) is 1. The van der Waals surface area contributed by atoms with Crippen molar-refractivity contribution in [2.45, 2.75) is 31.8 Å². The van der Waals surface area contributed by atoms with Gasteiger partial charge in [-0.2, -0.15) is 36.3 Å². The summed E-state index contributed by atoms with van der Waals surface area (Å²) < 4.78 is 77.5. The Labute approximate surface area is 170 Å². The third-order valence-corrected chi connectivity index (χ3v) is 3.64. The lowest BCUT2D eigenvalue weighted by Gasteiger charge is -2.17. The van der Waals surface area contributed by atoms with Gasteiger partial charge in [-0.1, -0.05) is 0 Å². The normalized spacial score (nSPS) is 12.7. The van der Waals surface area contributed by atoms with Crippen molar-refractivity contribution in [3.63, 3.8) is 0 Å². The van der Waals surface area contributed by atoms with Gasteiger partial charge in [-0.15, -0.1) is 0 Å². The number of hydrogen-bond donors (Lipinski definition) is 2. The smallest absolute Gasteiger partial charge is 0.382 e. The van der Waals surface area contributed by atoms with Crippen LogP contribution in [-0.2, 0) is 18.0 Å². The molecule has 3 heterocycles. The second kappa shape index (κ2) is 7.68. The largest absolute Gasteiger partial charge is 0.433 e. The topological polar surface area (TPSA) is 110 Å². The third-order valence-electron chi connectivity index (χ3n) is 3.64. The van der Waals surface area contributed by atoms with Gasteiger partial charge in [0, 0.05) is 18.1 Å². The van der Waals surface area contributed by atoms with Crippen LogP contribution in [0.1, 0.15) is 31.1 Å². The minimum absolute atomic E-state index is 0.105. The summed E-state index contributed by atoms with van der Waals surface area (Å²) >= 11 is 0. The monoisotopic (exact) mass is 445 g/mol. The number of aromatic nitrogens is 6. The number of rotatable bonds is 4. The molecule has 0 amide bonds. The number of anilines is 2. The van der Waals surface area contributed by atoms with E-state index >= 15 is 0 Å². The molecular weight excluding hydrogens is 432 g/mol. The minimum atomic E-state index is -4.75. The highest BCUT2D eigenvalue weighted by Gasteiger charge is 2.34. The number of nitrogens with zero attached hydrogens (tertiary/aromatic N) is 6. The molecule has 0 saturated heterocycles. The Morgan fingerprint density at radius 1 is 0.774 bits per heavy atom. The van der Waals surface area contributed by atoms with Gasteiger partial charge in [0.25, 0.3) is 0 Å². The third kappa shape index (κ3) is 5.39. The SMILES string of the molecule is CC(C)(O)c1nc(Nc2ccnc(C(F)(F)F)c2)nc(-c2nccc(C(F)(F)F)n2)n1. The molecule has 0 unspecified atom stereocenters. The van der Waals surface area contributed by atoms with Gasteiger partial charge in [0.1, 0.15) is 17.0 Å². The summed E-state index contributed by atoms with van der Waals surface area (Å²) in [6.07, 6.45) is -7.70. The Morgan fingerprint density at radius 2 is 1.42 bits per heavy atom. The lowest BCUT2D eigenvalue weighted by Crippen LogP contribution is -2.22. The molecule has 0 bridgehead atoms. The summed E-state index contributed by atoms with van der Waals surface area (Å²) in [4.78, 5) is 22.0. The van der Waals surface area contributed by atoms with Crippen LogP contribution in [0.3, 0.4) is 0 Å². The van der Waals surface area contributed by atoms with Crippen molar-refractivity contribution in [2.24, 2.45) is 0 Å². The molecule has 0 radical (unpaired) electrons. The Bertz CT molecular complexity index is 1100. The standard InChI is InChI=1S/C17H13F6N7O/c1-15(2,31)13-28-12(11-25-6-4-9(27-11)16(18,19)20)29-14(30-13)26-8-3-5-24-10(7-8)17(21,22)23/h3-7,31H,1-2H3,(H,24,26,28,29,30). The van der Waals surface area contributed by atoms with E-state index in [1.807, 2.05) is 0 Å². The van der Waals surface area contributed by atoms with Gasteiger partial charge >= 0.3 is 12.4 Å². The van der Waals surface area contributed by atoms with Crippen molar-refractivity contribution >= 4 is 11.6 Å². The van der Waals surface area contributed by atoms with Crippen LogP contribution in [0.4, 0.5) is 38.0 Å². The van der Waals surface area contributed by atoms with E-state index in [2.05, 4.69) is 35.2 Å². The lowest BCUT2D eigenvalue weighted by atomic mass is 10.1. The van der Waals surface area contributed by atoms with Crippen LogP contribution in [0, 0.1) is 0 Å². The summed E-state index contributed by atoms with van der Waals surface area (Å²) in [7, 11) is 0. The molecule has 0 saturated carbocycles.